The minimum Gasteiger partial charge on any atom is -0.489 e. The van der Waals surface area contributed by atoms with Crippen LogP contribution in [0.3, 0.4) is 0 Å². The third kappa shape index (κ3) is 4.94. The van der Waals surface area contributed by atoms with Gasteiger partial charge in [-0.2, -0.15) is 0 Å². The van der Waals surface area contributed by atoms with Crippen LogP contribution in [0.25, 0.3) is 0 Å². The average molecular weight is 415 g/mol. The molecule has 0 saturated heterocycles. The topological polar surface area (TPSA) is 58.6 Å². The van der Waals surface area contributed by atoms with Crippen LogP contribution in [-0.2, 0) is 24.4 Å². The zero-order valence-electron chi connectivity index (χ0n) is 17.6. The van der Waals surface area contributed by atoms with Crippen molar-refractivity contribution in [1.82, 2.24) is 5.32 Å². The van der Waals surface area contributed by atoms with E-state index in [0.29, 0.717) is 31.7 Å². The Bertz CT molecular complexity index is 1060. The molecule has 1 aliphatic rings. The maximum absolute atomic E-state index is 12.6. The van der Waals surface area contributed by atoms with Crippen LogP contribution in [0.4, 0.5) is 5.69 Å². The fraction of sp³-hybridized carbons (Fsp3) is 0.231. The summed E-state index contributed by atoms with van der Waals surface area (Å²) in [6, 6.07) is 23.3. The number of ether oxygens (including phenoxy) is 1. The highest BCUT2D eigenvalue weighted by Crippen LogP contribution is 2.29. The Morgan fingerprint density at radius 2 is 1.74 bits per heavy atom. The molecule has 1 heterocycles. The summed E-state index contributed by atoms with van der Waals surface area (Å²) in [5.74, 6) is 0.795. The summed E-state index contributed by atoms with van der Waals surface area (Å²) >= 11 is 0. The summed E-state index contributed by atoms with van der Waals surface area (Å²) in [7, 11) is 0. The number of amides is 2. The van der Waals surface area contributed by atoms with Gasteiger partial charge in [-0.3, -0.25) is 9.59 Å². The van der Waals surface area contributed by atoms with Crippen LogP contribution < -0.4 is 15.0 Å². The van der Waals surface area contributed by atoms with E-state index in [4.69, 9.17) is 4.74 Å². The SMILES string of the molecule is CCC(=O)N1CCc2cc(C(=O)NCc3ccc(OCc4ccccc4)cc3)ccc21. The van der Waals surface area contributed by atoms with Crippen molar-refractivity contribution in [2.75, 3.05) is 11.4 Å². The predicted molar refractivity (Wildman–Crippen MR) is 121 cm³/mol. The van der Waals surface area contributed by atoms with Gasteiger partial charge in [0.1, 0.15) is 12.4 Å². The van der Waals surface area contributed by atoms with E-state index in [1.807, 2.05) is 73.7 Å². The Hall–Kier alpha value is -3.60. The van der Waals surface area contributed by atoms with Crippen molar-refractivity contribution in [3.63, 3.8) is 0 Å². The summed E-state index contributed by atoms with van der Waals surface area (Å²) in [5.41, 5.74) is 4.72. The summed E-state index contributed by atoms with van der Waals surface area (Å²) < 4.78 is 5.80. The smallest absolute Gasteiger partial charge is 0.251 e. The number of rotatable bonds is 7. The lowest BCUT2D eigenvalue weighted by molar-refractivity contribution is -0.118. The normalized spacial score (nSPS) is 12.4. The van der Waals surface area contributed by atoms with Crippen LogP contribution in [0.15, 0.2) is 72.8 Å². The van der Waals surface area contributed by atoms with Crippen molar-refractivity contribution in [2.45, 2.75) is 32.9 Å². The molecule has 1 N–H and O–H groups in total. The molecule has 0 spiro atoms. The molecule has 0 radical (unpaired) electrons. The minimum atomic E-state index is -0.118. The molecule has 2 amide bonds. The highest BCUT2D eigenvalue weighted by Gasteiger charge is 2.24. The monoisotopic (exact) mass is 414 g/mol. The lowest BCUT2D eigenvalue weighted by Crippen LogP contribution is -2.27. The van der Waals surface area contributed by atoms with Gasteiger partial charge in [-0.15, -0.1) is 0 Å². The number of hydrogen-bond donors (Lipinski definition) is 1. The van der Waals surface area contributed by atoms with Gasteiger partial charge in [0, 0.05) is 30.8 Å². The van der Waals surface area contributed by atoms with Crippen molar-refractivity contribution < 1.29 is 14.3 Å². The van der Waals surface area contributed by atoms with Gasteiger partial charge in [-0.25, -0.2) is 0 Å². The molecule has 31 heavy (non-hydrogen) atoms. The number of benzene rings is 3. The highest BCUT2D eigenvalue weighted by atomic mass is 16.5. The molecule has 0 unspecified atom stereocenters. The van der Waals surface area contributed by atoms with E-state index in [9.17, 15) is 9.59 Å². The Morgan fingerprint density at radius 1 is 0.968 bits per heavy atom. The first-order chi connectivity index (χ1) is 15.1. The van der Waals surface area contributed by atoms with Crippen molar-refractivity contribution in [2.24, 2.45) is 0 Å². The third-order valence-electron chi connectivity index (χ3n) is 5.47. The van der Waals surface area contributed by atoms with Crippen molar-refractivity contribution in [3.05, 3.63) is 95.1 Å². The fourth-order valence-electron chi connectivity index (χ4n) is 3.72. The molecule has 0 aliphatic carbocycles. The van der Waals surface area contributed by atoms with Gasteiger partial charge < -0.3 is 15.0 Å². The van der Waals surface area contributed by atoms with Crippen molar-refractivity contribution >= 4 is 17.5 Å². The Kier molecular flexibility index (Phi) is 6.32. The largest absolute Gasteiger partial charge is 0.489 e. The number of carbonyl (C=O) groups is 2. The van der Waals surface area contributed by atoms with Gasteiger partial charge in [0.25, 0.3) is 5.91 Å². The molecule has 5 heteroatoms. The van der Waals surface area contributed by atoms with Crippen LogP contribution in [0.5, 0.6) is 5.75 Å². The molecule has 0 atom stereocenters. The lowest BCUT2D eigenvalue weighted by Gasteiger charge is -2.16. The van der Waals surface area contributed by atoms with Gasteiger partial charge in [-0.1, -0.05) is 49.4 Å². The van der Waals surface area contributed by atoms with Crippen LogP contribution in [0.2, 0.25) is 0 Å². The highest BCUT2D eigenvalue weighted by molar-refractivity contribution is 5.98. The molecule has 3 aromatic rings. The summed E-state index contributed by atoms with van der Waals surface area (Å²) in [4.78, 5) is 26.4. The standard InChI is InChI=1S/C26H26N2O3/c1-2-25(29)28-15-14-21-16-22(10-13-24(21)28)26(30)27-17-19-8-11-23(12-9-19)31-18-20-6-4-3-5-7-20/h3-13,16H,2,14-15,17-18H2,1H3,(H,27,30). The minimum absolute atomic E-state index is 0.118. The first-order valence-corrected chi connectivity index (χ1v) is 10.6. The van der Waals surface area contributed by atoms with E-state index in [2.05, 4.69) is 5.32 Å². The van der Waals surface area contributed by atoms with Gasteiger partial charge in [-0.05, 0) is 53.4 Å². The molecule has 0 bridgehead atoms. The molecule has 1 aliphatic heterocycles. The third-order valence-corrected chi connectivity index (χ3v) is 5.47. The fourth-order valence-corrected chi connectivity index (χ4v) is 3.72. The average Bonchev–Trinajstić information content (AvgIpc) is 3.25. The molecular weight excluding hydrogens is 388 g/mol. The molecule has 0 saturated carbocycles. The molecule has 3 aromatic carbocycles. The zero-order valence-corrected chi connectivity index (χ0v) is 17.6. The van der Waals surface area contributed by atoms with E-state index in [1.54, 1.807) is 11.0 Å². The first-order valence-electron chi connectivity index (χ1n) is 10.6. The second-order valence-electron chi connectivity index (χ2n) is 7.59. The lowest BCUT2D eigenvalue weighted by atomic mass is 10.1. The van der Waals surface area contributed by atoms with Gasteiger partial charge in [0.15, 0.2) is 0 Å². The van der Waals surface area contributed by atoms with Gasteiger partial charge in [0.05, 0.1) is 0 Å². The first kappa shape index (κ1) is 20.7. The second kappa shape index (κ2) is 9.47. The van der Waals surface area contributed by atoms with Crippen molar-refractivity contribution in [3.8, 4) is 5.75 Å². The van der Waals surface area contributed by atoms with E-state index in [-0.39, 0.29) is 11.8 Å². The molecule has 158 valence electrons. The van der Waals surface area contributed by atoms with Gasteiger partial charge >= 0.3 is 0 Å². The van der Waals surface area contributed by atoms with E-state index < -0.39 is 0 Å². The molecule has 5 nitrogen and oxygen atoms in total. The maximum Gasteiger partial charge on any atom is 0.251 e. The second-order valence-corrected chi connectivity index (χ2v) is 7.59. The van der Waals surface area contributed by atoms with Gasteiger partial charge in [0.2, 0.25) is 5.91 Å². The predicted octanol–water partition coefficient (Wildman–Crippen LogP) is 4.49. The number of carbonyl (C=O) groups excluding carboxylic acids is 2. The van der Waals surface area contributed by atoms with Crippen LogP contribution in [0.1, 0.15) is 40.4 Å². The number of anilines is 1. The summed E-state index contributed by atoms with van der Waals surface area (Å²) in [5, 5.41) is 2.97. The number of hydrogen-bond acceptors (Lipinski definition) is 3. The van der Waals surface area contributed by atoms with Crippen LogP contribution in [0, 0.1) is 0 Å². The van der Waals surface area contributed by atoms with E-state index >= 15 is 0 Å². The molecule has 0 aromatic heterocycles. The Labute approximate surface area is 182 Å². The zero-order chi connectivity index (χ0) is 21.6. The number of nitrogens with zero attached hydrogens (tertiary/aromatic N) is 1. The Morgan fingerprint density at radius 3 is 2.48 bits per heavy atom. The quantitative estimate of drug-likeness (QED) is 0.620. The van der Waals surface area contributed by atoms with E-state index in [1.165, 1.54) is 0 Å². The number of nitrogens with one attached hydrogen (secondary N) is 1. The number of fused-ring (bicyclic) bond motifs is 1. The van der Waals surface area contributed by atoms with Crippen molar-refractivity contribution in [1.29, 1.82) is 0 Å². The molecule has 0 fully saturated rings. The van der Waals surface area contributed by atoms with Crippen LogP contribution >= 0.6 is 0 Å². The molecular formula is C26H26N2O3. The molecule has 4 rings (SSSR count). The van der Waals surface area contributed by atoms with Crippen LogP contribution in [-0.4, -0.2) is 18.4 Å². The maximum atomic E-state index is 12.6. The Balaban J connectivity index is 1.31. The van der Waals surface area contributed by atoms with E-state index in [0.717, 1.165) is 34.5 Å². The summed E-state index contributed by atoms with van der Waals surface area (Å²) in [6.07, 6.45) is 1.27. The summed E-state index contributed by atoms with van der Waals surface area (Å²) in [6.45, 7) is 3.52.